The van der Waals surface area contributed by atoms with Gasteiger partial charge in [-0.2, -0.15) is 0 Å². The minimum atomic E-state index is -0.353. The van der Waals surface area contributed by atoms with Gasteiger partial charge < -0.3 is 15.5 Å². The van der Waals surface area contributed by atoms with Gasteiger partial charge in [-0.05, 0) is 42.3 Å². The third-order valence-corrected chi connectivity index (χ3v) is 5.93. The van der Waals surface area contributed by atoms with Crippen LogP contribution in [0, 0.1) is 5.92 Å². The van der Waals surface area contributed by atoms with Crippen LogP contribution in [-0.2, 0) is 22.4 Å². The molecule has 10 heteroatoms. The zero-order valence-electron chi connectivity index (χ0n) is 19.7. The van der Waals surface area contributed by atoms with Crippen molar-refractivity contribution >= 4 is 45.8 Å². The average molecular weight is 514 g/mol. The predicted molar refractivity (Wildman–Crippen MR) is 138 cm³/mol. The molecular formula is C25H28ClN5O3S. The molecule has 0 spiro atoms. The van der Waals surface area contributed by atoms with Gasteiger partial charge in [-0.3, -0.25) is 19.4 Å². The fourth-order valence-corrected chi connectivity index (χ4v) is 4.17. The molecule has 1 aromatic carbocycles. The van der Waals surface area contributed by atoms with Crippen LogP contribution in [0.5, 0.6) is 0 Å². The molecule has 35 heavy (non-hydrogen) atoms. The maximum atomic E-state index is 12.9. The highest BCUT2D eigenvalue weighted by Gasteiger charge is 2.21. The van der Waals surface area contributed by atoms with E-state index in [2.05, 4.69) is 20.6 Å². The monoisotopic (exact) mass is 513 g/mol. The molecule has 2 N–H and O–H groups in total. The first-order valence-corrected chi connectivity index (χ1v) is 12.5. The van der Waals surface area contributed by atoms with Crippen molar-refractivity contribution in [1.82, 2.24) is 20.2 Å². The number of aromatic nitrogens is 2. The summed E-state index contributed by atoms with van der Waals surface area (Å²) in [5.41, 5.74) is 1.94. The summed E-state index contributed by atoms with van der Waals surface area (Å²) >= 11 is 7.15. The Bertz CT molecular complexity index is 1140. The highest BCUT2D eigenvalue weighted by atomic mass is 35.5. The molecule has 0 aliphatic rings. The standard InChI is InChI=1S/C25H28ClN5O3S/c1-17(2)14-31(24(34)18-6-8-19(26)9-7-18)15-23(33)30-25-29-21(16-35-25)13-22(32)28-12-10-20-5-3-4-11-27-20/h3-9,11,16-17H,10,12-15H2,1-2H3,(H,28,32)(H,29,30,33). The van der Waals surface area contributed by atoms with E-state index in [1.807, 2.05) is 32.0 Å². The minimum absolute atomic E-state index is 0.109. The van der Waals surface area contributed by atoms with Gasteiger partial charge in [0.2, 0.25) is 11.8 Å². The molecule has 0 fully saturated rings. The number of nitrogens with zero attached hydrogens (tertiary/aromatic N) is 3. The number of nitrogens with one attached hydrogen (secondary N) is 2. The van der Waals surface area contributed by atoms with Gasteiger partial charge in [0, 0.05) is 47.4 Å². The first-order valence-electron chi connectivity index (χ1n) is 11.3. The molecule has 3 aromatic rings. The van der Waals surface area contributed by atoms with E-state index in [9.17, 15) is 14.4 Å². The Labute approximate surface area is 213 Å². The predicted octanol–water partition coefficient (Wildman–Crippen LogP) is 3.83. The Morgan fingerprint density at radius 3 is 2.51 bits per heavy atom. The summed E-state index contributed by atoms with van der Waals surface area (Å²) in [6.45, 7) is 4.76. The number of hydrogen-bond donors (Lipinski definition) is 2. The molecule has 0 atom stereocenters. The maximum absolute atomic E-state index is 12.9. The van der Waals surface area contributed by atoms with Crippen LogP contribution in [0.2, 0.25) is 5.02 Å². The number of anilines is 1. The van der Waals surface area contributed by atoms with Gasteiger partial charge in [-0.25, -0.2) is 4.98 Å². The zero-order valence-corrected chi connectivity index (χ0v) is 21.2. The van der Waals surface area contributed by atoms with Crippen LogP contribution in [0.3, 0.4) is 0 Å². The van der Waals surface area contributed by atoms with Crippen LogP contribution >= 0.6 is 22.9 Å². The topological polar surface area (TPSA) is 104 Å². The number of hydrogen-bond acceptors (Lipinski definition) is 6. The van der Waals surface area contributed by atoms with Crippen LogP contribution in [0.4, 0.5) is 5.13 Å². The highest BCUT2D eigenvalue weighted by Crippen LogP contribution is 2.17. The summed E-state index contributed by atoms with van der Waals surface area (Å²) in [6.07, 6.45) is 2.48. The van der Waals surface area contributed by atoms with Crippen molar-refractivity contribution in [3.63, 3.8) is 0 Å². The lowest BCUT2D eigenvalue weighted by atomic mass is 10.1. The SMILES string of the molecule is CC(C)CN(CC(=O)Nc1nc(CC(=O)NCCc2ccccn2)cs1)C(=O)c1ccc(Cl)cc1. The van der Waals surface area contributed by atoms with Crippen molar-refractivity contribution in [3.05, 3.63) is 76.0 Å². The first kappa shape index (κ1) is 26.3. The Kier molecular flexibility index (Phi) is 9.75. The van der Waals surface area contributed by atoms with E-state index in [1.54, 1.807) is 35.8 Å². The molecule has 0 aliphatic heterocycles. The summed E-state index contributed by atoms with van der Waals surface area (Å²) in [4.78, 5) is 47.9. The quantitative estimate of drug-likeness (QED) is 0.405. The number of halogens is 1. The van der Waals surface area contributed by atoms with Gasteiger partial charge in [0.25, 0.3) is 5.91 Å². The molecule has 3 amide bonds. The molecule has 2 heterocycles. The van der Waals surface area contributed by atoms with Crippen molar-refractivity contribution in [3.8, 4) is 0 Å². The van der Waals surface area contributed by atoms with Gasteiger partial charge >= 0.3 is 0 Å². The summed E-state index contributed by atoms with van der Waals surface area (Å²) < 4.78 is 0. The van der Waals surface area contributed by atoms with E-state index in [1.165, 1.54) is 16.2 Å². The summed E-state index contributed by atoms with van der Waals surface area (Å²) in [5, 5.41) is 8.24. The molecule has 0 saturated heterocycles. The molecule has 0 bridgehead atoms. The van der Waals surface area contributed by atoms with Crippen molar-refractivity contribution in [1.29, 1.82) is 0 Å². The second kappa shape index (κ2) is 13.0. The number of pyridine rings is 1. The molecule has 2 aromatic heterocycles. The Morgan fingerprint density at radius 2 is 1.83 bits per heavy atom. The fraction of sp³-hybridized carbons (Fsp3) is 0.320. The van der Waals surface area contributed by atoms with Crippen molar-refractivity contribution < 1.29 is 14.4 Å². The van der Waals surface area contributed by atoms with Gasteiger partial charge in [0.15, 0.2) is 5.13 Å². The maximum Gasteiger partial charge on any atom is 0.254 e. The van der Waals surface area contributed by atoms with Crippen LogP contribution in [-0.4, -0.2) is 52.2 Å². The third kappa shape index (κ3) is 8.77. The van der Waals surface area contributed by atoms with Gasteiger partial charge in [0.1, 0.15) is 6.54 Å². The second-order valence-electron chi connectivity index (χ2n) is 8.38. The molecule has 0 radical (unpaired) electrons. The average Bonchev–Trinajstić information content (AvgIpc) is 3.25. The second-order valence-corrected chi connectivity index (χ2v) is 9.67. The molecule has 3 rings (SSSR count). The molecule has 0 aliphatic carbocycles. The molecule has 0 unspecified atom stereocenters. The largest absolute Gasteiger partial charge is 0.355 e. The molecule has 184 valence electrons. The van der Waals surface area contributed by atoms with E-state index in [0.29, 0.717) is 40.9 Å². The zero-order chi connectivity index (χ0) is 25.2. The highest BCUT2D eigenvalue weighted by molar-refractivity contribution is 7.13. The number of amides is 3. The van der Waals surface area contributed by atoms with Crippen LogP contribution in [0.25, 0.3) is 0 Å². The lowest BCUT2D eigenvalue weighted by molar-refractivity contribution is -0.120. The first-order chi connectivity index (χ1) is 16.8. The van der Waals surface area contributed by atoms with E-state index in [0.717, 1.165) is 5.69 Å². The summed E-state index contributed by atoms with van der Waals surface area (Å²) in [6, 6.07) is 12.2. The molecular weight excluding hydrogens is 486 g/mol. The molecule has 8 nitrogen and oxygen atoms in total. The van der Waals surface area contributed by atoms with Gasteiger partial charge in [0.05, 0.1) is 12.1 Å². The number of rotatable bonds is 11. The van der Waals surface area contributed by atoms with E-state index < -0.39 is 0 Å². The van der Waals surface area contributed by atoms with Gasteiger partial charge in [-0.1, -0.05) is 31.5 Å². The van der Waals surface area contributed by atoms with Crippen molar-refractivity contribution in [2.75, 3.05) is 25.0 Å². The Hall–Kier alpha value is -3.30. The minimum Gasteiger partial charge on any atom is -0.355 e. The van der Waals surface area contributed by atoms with Crippen LogP contribution < -0.4 is 10.6 Å². The number of carbonyl (C=O) groups excluding carboxylic acids is 3. The van der Waals surface area contributed by atoms with E-state index in [4.69, 9.17) is 11.6 Å². The van der Waals surface area contributed by atoms with E-state index in [-0.39, 0.29) is 36.6 Å². The van der Waals surface area contributed by atoms with Crippen molar-refractivity contribution in [2.24, 2.45) is 5.92 Å². The van der Waals surface area contributed by atoms with Crippen LogP contribution in [0.15, 0.2) is 54.0 Å². The smallest absolute Gasteiger partial charge is 0.254 e. The number of thiazole rings is 1. The van der Waals surface area contributed by atoms with Crippen LogP contribution in [0.1, 0.15) is 35.6 Å². The van der Waals surface area contributed by atoms with E-state index >= 15 is 0 Å². The summed E-state index contributed by atoms with van der Waals surface area (Å²) in [5.74, 6) is -0.566. The Morgan fingerprint density at radius 1 is 1.06 bits per heavy atom. The van der Waals surface area contributed by atoms with Crippen molar-refractivity contribution in [2.45, 2.75) is 26.7 Å². The Balaban J connectivity index is 1.50. The third-order valence-electron chi connectivity index (χ3n) is 4.87. The lowest BCUT2D eigenvalue weighted by Gasteiger charge is -2.24. The number of carbonyl (C=O) groups is 3. The normalized spacial score (nSPS) is 10.7. The molecule has 0 saturated carbocycles. The number of benzene rings is 1. The van der Waals surface area contributed by atoms with Gasteiger partial charge in [-0.15, -0.1) is 11.3 Å². The lowest BCUT2D eigenvalue weighted by Crippen LogP contribution is -2.40. The summed E-state index contributed by atoms with van der Waals surface area (Å²) in [7, 11) is 0. The fourth-order valence-electron chi connectivity index (χ4n) is 3.32.